The molecule has 0 N–H and O–H groups in total. The predicted octanol–water partition coefficient (Wildman–Crippen LogP) is 2.95. The lowest BCUT2D eigenvalue weighted by atomic mass is 10.0. The van der Waals surface area contributed by atoms with Crippen molar-refractivity contribution >= 4 is 13.5 Å². The summed E-state index contributed by atoms with van der Waals surface area (Å²) in [6.45, 7) is 4.67. The maximum Gasteiger partial charge on any atom is -0.0388 e. The van der Waals surface area contributed by atoms with E-state index in [2.05, 4.69) is 13.8 Å². The van der Waals surface area contributed by atoms with Gasteiger partial charge in [-0.05, 0) is 24.7 Å². The van der Waals surface area contributed by atoms with Gasteiger partial charge >= 0.3 is 0 Å². The minimum absolute atomic E-state index is 0. The molecule has 0 aliphatic heterocycles. The van der Waals surface area contributed by atoms with Crippen LogP contribution in [0.5, 0.6) is 0 Å². The molecule has 1 aliphatic rings. The minimum Gasteiger partial charge on any atom is -0.197 e. The molecule has 0 saturated heterocycles. The molecule has 0 heterocycles. The van der Waals surface area contributed by atoms with Gasteiger partial charge in [-0.3, -0.25) is 0 Å². The van der Waals surface area contributed by atoms with Crippen LogP contribution in [-0.4, -0.2) is 0 Å². The molecule has 0 amide bonds. The Labute approximate surface area is 65.5 Å². The van der Waals surface area contributed by atoms with Gasteiger partial charge in [-0.25, -0.2) is 0 Å². The van der Waals surface area contributed by atoms with Gasteiger partial charge in [-0.2, -0.15) is 13.5 Å². The van der Waals surface area contributed by atoms with Crippen LogP contribution in [0, 0.1) is 11.8 Å². The van der Waals surface area contributed by atoms with Crippen LogP contribution in [-0.2, 0) is 0 Å². The van der Waals surface area contributed by atoms with E-state index in [1.54, 1.807) is 0 Å². The first-order chi connectivity index (χ1) is 3.84. The monoisotopic (exact) mass is 146 g/mol. The summed E-state index contributed by atoms with van der Waals surface area (Å²) in [5.74, 6) is 2.15. The molecule has 1 saturated carbocycles. The molecule has 0 nitrogen and oxygen atoms in total. The van der Waals surface area contributed by atoms with Crippen molar-refractivity contribution in [2.24, 2.45) is 11.8 Å². The van der Waals surface area contributed by atoms with Crippen molar-refractivity contribution in [1.29, 1.82) is 0 Å². The second-order valence-electron chi connectivity index (χ2n) is 3.10. The van der Waals surface area contributed by atoms with Gasteiger partial charge in [0.15, 0.2) is 0 Å². The van der Waals surface area contributed by atoms with Gasteiger partial charge in [-0.15, -0.1) is 0 Å². The predicted molar refractivity (Wildman–Crippen MR) is 47.2 cm³/mol. The molecule has 1 aliphatic carbocycles. The summed E-state index contributed by atoms with van der Waals surface area (Å²) in [5.41, 5.74) is 0. The van der Waals surface area contributed by atoms with E-state index in [1.807, 2.05) is 0 Å². The lowest BCUT2D eigenvalue weighted by molar-refractivity contribution is 0.464. The zero-order valence-electron chi connectivity index (χ0n) is 6.48. The Morgan fingerprint density at radius 2 is 2.00 bits per heavy atom. The zero-order chi connectivity index (χ0) is 5.98. The lowest BCUT2D eigenvalue weighted by Gasteiger charge is -2.05. The average Bonchev–Trinajstić information content (AvgIpc) is 2.45. The van der Waals surface area contributed by atoms with Crippen LogP contribution in [0.3, 0.4) is 0 Å². The van der Waals surface area contributed by atoms with Crippen LogP contribution in [0.4, 0.5) is 0 Å². The first kappa shape index (κ1) is 9.35. The van der Waals surface area contributed by atoms with Crippen molar-refractivity contribution in [3.63, 3.8) is 0 Å². The van der Waals surface area contributed by atoms with E-state index < -0.39 is 0 Å². The lowest BCUT2D eigenvalue weighted by Crippen LogP contribution is -1.94. The topological polar surface area (TPSA) is 0 Å². The molecule has 0 aromatic heterocycles. The molecule has 0 aromatic rings. The van der Waals surface area contributed by atoms with E-state index in [0.29, 0.717) is 0 Å². The van der Waals surface area contributed by atoms with Crippen LogP contribution in [0.25, 0.3) is 0 Å². The van der Waals surface area contributed by atoms with Gasteiger partial charge in [-0.1, -0.05) is 26.7 Å². The molecule has 1 heteroatoms. The van der Waals surface area contributed by atoms with Gasteiger partial charge in [0.1, 0.15) is 0 Å². The minimum atomic E-state index is 0. The van der Waals surface area contributed by atoms with Gasteiger partial charge in [0, 0.05) is 0 Å². The Kier molecular flexibility index (Phi) is 4.37. The SMILES string of the molecule is CCCC(C)C1CC1.S. The summed E-state index contributed by atoms with van der Waals surface area (Å²) in [6, 6.07) is 0. The smallest absolute Gasteiger partial charge is 0.0388 e. The van der Waals surface area contributed by atoms with Crippen LogP contribution in [0.2, 0.25) is 0 Å². The number of rotatable bonds is 3. The van der Waals surface area contributed by atoms with Crippen LogP contribution >= 0.6 is 13.5 Å². The normalized spacial score (nSPS) is 20.7. The number of hydrogen-bond acceptors (Lipinski definition) is 0. The summed E-state index contributed by atoms with van der Waals surface area (Å²) < 4.78 is 0. The first-order valence-corrected chi connectivity index (χ1v) is 3.84. The van der Waals surface area contributed by atoms with Crippen LogP contribution in [0.1, 0.15) is 39.5 Å². The summed E-state index contributed by atoms with van der Waals surface area (Å²) >= 11 is 0. The molecule has 0 aromatic carbocycles. The maximum absolute atomic E-state index is 2.39. The number of hydrogen-bond donors (Lipinski definition) is 0. The molecule has 1 unspecified atom stereocenters. The van der Waals surface area contributed by atoms with Crippen molar-refractivity contribution < 1.29 is 0 Å². The van der Waals surface area contributed by atoms with Gasteiger partial charge < -0.3 is 0 Å². The molecule has 1 atom stereocenters. The Bertz CT molecular complexity index is 67.0. The average molecular weight is 146 g/mol. The van der Waals surface area contributed by atoms with E-state index in [-0.39, 0.29) is 13.5 Å². The fraction of sp³-hybridized carbons (Fsp3) is 1.00. The summed E-state index contributed by atoms with van der Waals surface area (Å²) in [6.07, 6.45) is 5.85. The second kappa shape index (κ2) is 4.21. The van der Waals surface area contributed by atoms with E-state index in [4.69, 9.17) is 0 Å². The Balaban J connectivity index is 0.000000640. The molecule has 9 heavy (non-hydrogen) atoms. The highest BCUT2D eigenvalue weighted by molar-refractivity contribution is 7.59. The molecule has 0 spiro atoms. The van der Waals surface area contributed by atoms with Crippen molar-refractivity contribution in [3.8, 4) is 0 Å². The van der Waals surface area contributed by atoms with E-state index in [9.17, 15) is 0 Å². The third-order valence-corrected chi connectivity index (χ3v) is 2.17. The van der Waals surface area contributed by atoms with Crippen LogP contribution in [0.15, 0.2) is 0 Å². The summed E-state index contributed by atoms with van der Waals surface area (Å²) in [4.78, 5) is 0. The fourth-order valence-electron chi connectivity index (χ4n) is 1.36. The van der Waals surface area contributed by atoms with Gasteiger partial charge in [0.05, 0.1) is 0 Å². The van der Waals surface area contributed by atoms with Crippen molar-refractivity contribution in [2.75, 3.05) is 0 Å². The highest BCUT2D eigenvalue weighted by Gasteiger charge is 2.26. The molecule has 56 valence electrons. The van der Waals surface area contributed by atoms with Crippen molar-refractivity contribution in [2.45, 2.75) is 39.5 Å². The first-order valence-electron chi connectivity index (χ1n) is 3.84. The van der Waals surface area contributed by atoms with Gasteiger partial charge in [0.25, 0.3) is 0 Å². The molecule has 0 bridgehead atoms. The maximum atomic E-state index is 2.39. The molecule has 1 rings (SSSR count). The van der Waals surface area contributed by atoms with E-state index in [0.717, 1.165) is 11.8 Å². The Hall–Kier alpha value is 0.350. The molecular formula is C8H18S. The van der Waals surface area contributed by atoms with Crippen molar-refractivity contribution in [3.05, 3.63) is 0 Å². The summed E-state index contributed by atoms with van der Waals surface area (Å²) in [5, 5.41) is 0. The zero-order valence-corrected chi connectivity index (χ0v) is 7.48. The van der Waals surface area contributed by atoms with Gasteiger partial charge in [0.2, 0.25) is 0 Å². The third kappa shape index (κ3) is 3.14. The van der Waals surface area contributed by atoms with Crippen molar-refractivity contribution in [1.82, 2.24) is 0 Å². The fourth-order valence-corrected chi connectivity index (χ4v) is 1.36. The highest BCUT2D eigenvalue weighted by atomic mass is 32.1. The highest BCUT2D eigenvalue weighted by Crippen LogP contribution is 2.38. The second-order valence-corrected chi connectivity index (χ2v) is 3.10. The van der Waals surface area contributed by atoms with E-state index >= 15 is 0 Å². The third-order valence-electron chi connectivity index (χ3n) is 2.17. The molecular weight excluding hydrogens is 128 g/mol. The Morgan fingerprint density at radius 1 is 1.44 bits per heavy atom. The summed E-state index contributed by atoms with van der Waals surface area (Å²) in [7, 11) is 0. The molecule has 0 radical (unpaired) electrons. The standard InChI is InChI=1S/C8H16.H2S/c1-3-4-7(2)8-5-6-8;/h7-8H,3-6H2,1-2H3;1H2. The Morgan fingerprint density at radius 3 is 2.33 bits per heavy atom. The largest absolute Gasteiger partial charge is 0.197 e. The van der Waals surface area contributed by atoms with Crippen LogP contribution < -0.4 is 0 Å². The molecule has 1 fully saturated rings. The quantitative estimate of drug-likeness (QED) is 0.574. The van der Waals surface area contributed by atoms with E-state index in [1.165, 1.54) is 25.7 Å².